The van der Waals surface area contributed by atoms with Crippen molar-refractivity contribution in [2.24, 2.45) is 47.3 Å². The van der Waals surface area contributed by atoms with Crippen LogP contribution in [0.2, 0.25) is 0 Å². The molecule has 6 rings (SSSR count). The van der Waals surface area contributed by atoms with Crippen LogP contribution in [0.1, 0.15) is 128 Å². The van der Waals surface area contributed by atoms with Crippen molar-refractivity contribution in [3.8, 4) is 0 Å². The minimum atomic E-state index is -1.80. The first-order valence-electron chi connectivity index (χ1n) is 23.7. The molecule has 4 N–H and O–H groups in total. The van der Waals surface area contributed by atoms with Gasteiger partial charge in [-0.05, 0) is 58.4 Å². The fourth-order valence-electron chi connectivity index (χ4n) is 12.2. The molecule has 0 radical (unpaired) electrons. The summed E-state index contributed by atoms with van der Waals surface area (Å²) in [4.78, 5) is 25.0. The number of aliphatic carboxylic acids is 1. The van der Waals surface area contributed by atoms with Gasteiger partial charge in [-0.1, -0.05) is 61.5 Å². The summed E-state index contributed by atoms with van der Waals surface area (Å²) in [7, 11) is 3.30. The molecule has 0 aromatic rings. The molecule has 6 fully saturated rings. The van der Waals surface area contributed by atoms with Gasteiger partial charge < -0.3 is 63.1 Å². The molecule has 6 aliphatic rings. The molecule has 0 bridgehead atoms. The standard InChI is InChI=1S/C48H80O15/c1-24(40(51)25(2)19-27(4)44(52)53)18-26(3)41-30(7)34(50)21-46(61-41)22-38(58-39-17-15-35(55-12)33(10)57-39)45(11,63-46)37-16-14-28(5)48(60-37)29(6)20-36(59-48)43-31(8)42(56-13)32(9)47(54,23-49)62-43/h18,25-39,41-43,49-50,54H,14-17,19-23H2,1-13H3,(H,52,53). The second kappa shape index (κ2) is 19.6. The zero-order valence-corrected chi connectivity index (χ0v) is 40.1. The highest BCUT2D eigenvalue weighted by molar-refractivity contribution is 5.96. The minimum Gasteiger partial charge on any atom is -0.481 e. The van der Waals surface area contributed by atoms with Crippen molar-refractivity contribution < 1.29 is 72.6 Å². The maximum Gasteiger partial charge on any atom is 0.306 e. The molecule has 22 unspecified atom stereocenters. The molecule has 0 aliphatic carbocycles. The highest BCUT2D eigenvalue weighted by Crippen LogP contribution is 2.57. The molecule has 15 heteroatoms. The van der Waals surface area contributed by atoms with Crippen LogP contribution in [0.15, 0.2) is 11.6 Å². The third-order valence-electron chi connectivity index (χ3n) is 16.3. The number of ketones is 1. The Bertz CT molecular complexity index is 1630. The van der Waals surface area contributed by atoms with Gasteiger partial charge in [0.1, 0.15) is 5.60 Å². The molecule has 362 valence electrons. The van der Waals surface area contributed by atoms with Gasteiger partial charge in [-0.15, -0.1) is 0 Å². The molecule has 0 aromatic carbocycles. The fraction of sp³-hybridized carbons (Fsp3) is 0.917. The van der Waals surface area contributed by atoms with Gasteiger partial charge in [-0.3, -0.25) is 9.59 Å². The molecule has 0 aromatic heterocycles. The molecule has 22 atom stereocenters. The van der Waals surface area contributed by atoms with Crippen LogP contribution in [-0.4, -0.2) is 137 Å². The summed E-state index contributed by atoms with van der Waals surface area (Å²) >= 11 is 0. The van der Waals surface area contributed by atoms with Gasteiger partial charge in [0.25, 0.3) is 0 Å². The third-order valence-corrected chi connectivity index (χ3v) is 16.3. The highest BCUT2D eigenvalue weighted by Gasteiger charge is 2.67. The molecule has 6 heterocycles. The minimum absolute atomic E-state index is 0.0139. The zero-order chi connectivity index (χ0) is 46.6. The SMILES string of the molecule is COC1CCC(OC2CC3(CC(O)C(C)C(C(C)C=C(C)C(=O)C(C)CC(C)C(=O)O)O3)OC2(C)C2CCC(C)C3(OC(C4OC(O)(CO)C(C)C(OC)C4C)CC3C)O2)OC1C. The van der Waals surface area contributed by atoms with E-state index in [0.29, 0.717) is 24.8 Å². The summed E-state index contributed by atoms with van der Waals surface area (Å²) in [5.41, 5.74) is -0.581. The molecule has 6 saturated heterocycles. The second-order valence-electron chi connectivity index (χ2n) is 20.8. The molecule has 63 heavy (non-hydrogen) atoms. The molecule has 15 nitrogen and oxygen atoms in total. The van der Waals surface area contributed by atoms with E-state index in [0.717, 1.165) is 12.8 Å². The molecule has 0 saturated carbocycles. The molecular weight excluding hydrogens is 817 g/mol. The summed E-state index contributed by atoms with van der Waals surface area (Å²) in [6.45, 7) is 20.6. The van der Waals surface area contributed by atoms with E-state index in [1.54, 1.807) is 35.0 Å². The van der Waals surface area contributed by atoms with Crippen LogP contribution in [0.3, 0.4) is 0 Å². The Kier molecular flexibility index (Phi) is 15.8. The molecule has 6 aliphatic heterocycles. The lowest BCUT2D eigenvalue weighted by Gasteiger charge is -2.52. The van der Waals surface area contributed by atoms with Gasteiger partial charge in [0, 0.05) is 74.9 Å². The van der Waals surface area contributed by atoms with Crippen molar-refractivity contribution in [3.63, 3.8) is 0 Å². The topological polar surface area (TPSA) is 198 Å². The summed E-state index contributed by atoms with van der Waals surface area (Å²) in [5.74, 6) is -7.62. The third kappa shape index (κ3) is 9.74. The number of Topliss-reactive ketones (excluding diaryl/α,β-unsaturated/α-hetero) is 1. The van der Waals surface area contributed by atoms with E-state index in [9.17, 15) is 30.0 Å². The number of ether oxygens (including phenoxy) is 9. The van der Waals surface area contributed by atoms with E-state index in [4.69, 9.17) is 42.6 Å². The number of carbonyl (C=O) groups excluding carboxylic acids is 1. The Morgan fingerprint density at radius 2 is 1.57 bits per heavy atom. The highest BCUT2D eigenvalue weighted by atomic mass is 16.8. The second-order valence-corrected chi connectivity index (χ2v) is 20.8. The van der Waals surface area contributed by atoms with Gasteiger partial charge in [0.2, 0.25) is 0 Å². The predicted octanol–water partition coefficient (Wildman–Crippen LogP) is 5.77. The lowest BCUT2D eigenvalue weighted by Crippen LogP contribution is -2.63. The largest absolute Gasteiger partial charge is 0.481 e. The number of aliphatic hydroxyl groups excluding tert-OH is 2. The summed E-state index contributed by atoms with van der Waals surface area (Å²) in [5, 5.41) is 43.0. The lowest BCUT2D eigenvalue weighted by atomic mass is 9.77. The van der Waals surface area contributed by atoms with Crippen LogP contribution in [0.5, 0.6) is 0 Å². The number of allylic oxidation sites excluding steroid dienone is 1. The van der Waals surface area contributed by atoms with E-state index in [2.05, 4.69) is 13.8 Å². The average molecular weight is 897 g/mol. The van der Waals surface area contributed by atoms with Crippen LogP contribution in [-0.2, 0) is 52.2 Å². The number of hydrogen-bond acceptors (Lipinski definition) is 14. The number of rotatable bonds is 14. The first-order valence-corrected chi connectivity index (χ1v) is 23.7. The Hall–Kier alpha value is -1.60. The van der Waals surface area contributed by atoms with Gasteiger partial charge >= 0.3 is 5.97 Å². The fourth-order valence-corrected chi connectivity index (χ4v) is 12.2. The van der Waals surface area contributed by atoms with Crippen LogP contribution in [0, 0.1) is 47.3 Å². The van der Waals surface area contributed by atoms with Gasteiger partial charge in [-0.2, -0.15) is 0 Å². The predicted molar refractivity (Wildman–Crippen MR) is 230 cm³/mol. The number of carboxylic acids is 1. The Balaban J connectivity index is 1.28. The van der Waals surface area contributed by atoms with Crippen LogP contribution < -0.4 is 0 Å². The summed E-state index contributed by atoms with van der Waals surface area (Å²) in [6.07, 6.45) is 1.25. The molecule has 2 spiro atoms. The maximum atomic E-state index is 13.5. The number of aliphatic hydroxyl groups is 3. The van der Waals surface area contributed by atoms with Crippen LogP contribution in [0.4, 0.5) is 0 Å². The lowest BCUT2D eigenvalue weighted by molar-refractivity contribution is -0.382. The van der Waals surface area contributed by atoms with Crippen LogP contribution in [0.25, 0.3) is 0 Å². The number of methoxy groups -OCH3 is 2. The van der Waals surface area contributed by atoms with E-state index in [1.165, 1.54) is 0 Å². The monoisotopic (exact) mass is 897 g/mol. The van der Waals surface area contributed by atoms with Crippen molar-refractivity contribution >= 4 is 11.8 Å². The van der Waals surface area contributed by atoms with Crippen molar-refractivity contribution in [1.82, 2.24) is 0 Å². The molecule has 0 amide bonds. The van der Waals surface area contributed by atoms with E-state index >= 15 is 0 Å². The van der Waals surface area contributed by atoms with Crippen molar-refractivity contribution in [2.75, 3.05) is 20.8 Å². The van der Waals surface area contributed by atoms with Crippen molar-refractivity contribution in [1.29, 1.82) is 0 Å². The average Bonchev–Trinajstić information content (AvgIpc) is 3.70. The Morgan fingerprint density at radius 3 is 2.19 bits per heavy atom. The van der Waals surface area contributed by atoms with E-state index < -0.39 is 96.2 Å². The van der Waals surface area contributed by atoms with Crippen LogP contribution >= 0.6 is 0 Å². The zero-order valence-electron chi connectivity index (χ0n) is 40.1. The van der Waals surface area contributed by atoms with Gasteiger partial charge in [0.05, 0.1) is 67.5 Å². The van der Waals surface area contributed by atoms with Gasteiger partial charge in [-0.25, -0.2) is 0 Å². The van der Waals surface area contributed by atoms with Gasteiger partial charge in [0.15, 0.2) is 29.4 Å². The van der Waals surface area contributed by atoms with E-state index in [1.807, 2.05) is 47.6 Å². The number of carboxylic acid groups (broad SMARTS) is 1. The van der Waals surface area contributed by atoms with Crippen molar-refractivity contribution in [3.05, 3.63) is 11.6 Å². The van der Waals surface area contributed by atoms with E-state index in [-0.39, 0.29) is 72.9 Å². The number of hydrogen-bond donors (Lipinski definition) is 4. The Labute approximate surface area is 375 Å². The molecular formula is C48H80O15. The first kappa shape index (κ1) is 50.8. The maximum absolute atomic E-state index is 13.5. The quantitative estimate of drug-likeness (QED) is 0.153. The summed E-state index contributed by atoms with van der Waals surface area (Å²) < 4.78 is 60.1. The van der Waals surface area contributed by atoms with Crippen molar-refractivity contribution in [2.45, 2.75) is 212 Å². The first-order chi connectivity index (χ1) is 29.5. The normalized spacial score (nSPS) is 48.6. The summed E-state index contributed by atoms with van der Waals surface area (Å²) in [6, 6.07) is 0. The smallest absolute Gasteiger partial charge is 0.306 e. The Morgan fingerprint density at radius 1 is 0.873 bits per heavy atom. The number of carbonyl (C=O) groups is 2.